The van der Waals surface area contributed by atoms with Crippen LogP contribution in [-0.4, -0.2) is 51.9 Å². The minimum Gasteiger partial charge on any atom is -0.479 e. The van der Waals surface area contributed by atoms with Crippen molar-refractivity contribution in [1.82, 2.24) is 0 Å². The van der Waals surface area contributed by atoms with Crippen LogP contribution in [0.3, 0.4) is 0 Å². The van der Waals surface area contributed by atoms with Crippen LogP contribution in [0.1, 0.15) is 67.7 Å². The molecule has 0 bridgehead atoms. The summed E-state index contributed by atoms with van der Waals surface area (Å²) in [7, 11) is 0. The summed E-state index contributed by atoms with van der Waals surface area (Å²) in [6.45, 7) is 12.6. The molecular weight excluding hydrogens is 328 g/mol. The molecule has 1 fully saturated rings. The van der Waals surface area contributed by atoms with Crippen molar-refractivity contribution >= 4 is 11.9 Å². The summed E-state index contributed by atoms with van der Waals surface area (Å²) >= 11 is 0. The molecule has 0 aromatic rings. The molecule has 25 heavy (non-hydrogen) atoms. The van der Waals surface area contributed by atoms with E-state index < -0.39 is 41.1 Å². The van der Waals surface area contributed by atoms with Crippen molar-refractivity contribution in [2.24, 2.45) is 5.41 Å². The molecule has 0 amide bonds. The van der Waals surface area contributed by atoms with E-state index >= 15 is 0 Å². The van der Waals surface area contributed by atoms with E-state index in [9.17, 15) is 14.7 Å². The monoisotopic (exact) mass is 360 g/mol. The Labute approximate surface area is 149 Å². The van der Waals surface area contributed by atoms with Gasteiger partial charge in [0.2, 0.25) is 0 Å². The second-order valence-electron chi connectivity index (χ2n) is 8.96. The van der Waals surface area contributed by atoms with Crippen molar-refractivity contribution in [2.75, 3.05) is 0 Å². The van der Waals surface area contributed by atoms with Gasteiger partial charge in [-0.3, -0.25) is 4.79 Å². The van der Waals surface area contributed by atoms with Gasteiger partial charge in [0.05, 0.1) is 17.1 Å². The van der Waals surface area contributed by atoms with Crippen molar-refractivity contribution in [3.63, 3.8) is 0 Å². The number of carboxylic acid groups (broad SMARTS) is 1. The summed E-state index contributed by atoms with van der Waals surface area (Å²) in [5.74, 6) is -1.45. The number of ether oxygens (including phenoxy) is 3. The Balaban J connectivity index is 2.73. The highest BCUT2D eigenvalue weighted by Crippen LogP contribution is 2.35. The minimum atomic E-state index is -1.13. The lowest BCUT2D eigenvalue weighted by atomic mass is 9.81. The molecule has 3 atom stereocenters. The Bertz CT molecular complexity index is 490. The van der Waals surface area contributed by atoms with Gasteiger partial charge in [0.1, 0.15) is 5.60 Å². The van der Waals surface area contributed by atoms with Gasteiger partial charge in [0.25, 0.3) is 0 Å². The van der Waals surface area contributed by atoms with Gasteiger partial charge in [-0.05, 0) is 54.9 Å². The molecule has 0 aromatic carbocycles. The number of carbonyl (C=O) groups excluding carboxylic acids is 1. The highest BCUT2D eigenvalue weighted by atomic mass is 16.7. The highest BCUT2D eigenvalue weighted by molar-refractivity contribution is 5.76. The summed E-state index contributed by atoms with van der Waals surface area (Å²) in [6, 6.07) is 0. The highest BCUT2D eigenvalue weighted by Gasteiger charge is 2.41. The number of hydrogen-bond donors (Lipinski definition) is 2. The molecule has 0 aromatic heterocycles. The Morgan fingerprint density at radius 2 is 1.64 bits per heavy atom. The van der Waals surface area contributed by atoms with E-state index in [0.717, 1.165) is 0 Å². The van der Waals surface area contributed by atoms with E-state index in [1.807, 2.05) is 20.8 Å². The molecule has 0 radical (unpaired) electrons. The number of rotatable bonds is 6. The van der Waals surface area contributed by atoms with Crippen LogP contribution in [0, 0.1) is 5.41 Å². The lowest BCUT2D eigenvalue weighted by Gasteiger charge is -2.39. The molecule has 1 heterocycles. The van der Waals surface area contributed by atoms with Crippen LogP contribution in [0.15, 0.2) is 0 Å². The number of aliphatic carboxylic acids is 1. The van der Waals surface area contributed by atoms with Crippen molar-refractivity contribution in [3.8, 4) is 0 Å². The normalized spacial score (nSPS) is 25.5. The fourth-order valence-corrected chi connectivity index (χ4v) is 3.04. The average Bonchev–Trinajstić information content (AvgIpc) is 2.33. The van der Waals surface area contributed by atoms with Gasteiger partial charge in [-0.1, -0.05) is 0 Å². The summed E-state index contributed by atoms with van der Waals surface area (Å²) < 4.78 is 16.8. The Morgan fingerprint density at radius 1 is 1.08 bits per heavy atom. The largest absolute Gasteiger partial charge is 0.479 e. The molecule has 1 aliphatic heterocycles. The van der Waals surface area contributed by atoms with Crippen LogP contribution in [0.2, 0.25) is 0 Å². The van der Waals surface area contributed by atoms with Crippen molar-refractivity contribution in [2.45, 2.75) is 97.4 Å². The second-order valence-corrected chi connectivity index (χ2v) is 8.96. The quantitative estimate of drug-likeness (QED) is 0.702. The molecule has 7 heteroatoms. The maximum absolute atomic E-state index is 12.4. The van der Waals surface area contributed by atoms with E-state index in [4.69, 9.17) is 19.3 Å². The maximum atomic E-state index is 12.4. The lowest BCUT2D eigenvalue weighted by Crippen LogP contribution is -2.46. The third kappa shape index (κ3) is 7.30. The van der Waals surface area contributed by atoms with Crippen LogP contribution >= 0.6 is 0 Å². The van der Waals surface area contributed by atoms with Gasteiger partial charge in [-0.2, -0.15) is 0 Å². The molecule has 0 saturated carbocycles. The zero-order valence-corrected chi connectivity index (χ0v) is 16.3. The number of carboxylic acids is 1. The predicted molar refractivity (Wildman–Crippen MR) is 90.9 cm³/mol. The SMILES string of the molecule is CC(C)(C)OC(=O)C(C)(C)CC(C)(C)O[C@H]1C[C@@H](O)C[C@@H](C(=O)O)O1. The topological polar surface area (TPSA) is 102 Å². The molecule has 1 aliphatic rings. The standard InChI is InChI=1S/C18H32O7/c1-16(2,3)25-15(22)17(4,5)10-18(6,7)24-13-9-11(19)8-12(23-13)14(20)21/h11-13,19H,8-10H2,1-7H3,(H,20,21)/t11-,12-,13-/m0/s1. The number of aliphatic hydroxyl groups is 1. The summed E-state index contributed by atoms with van der Waals surface area (Å²) in [6.07, 6.45) is -2.14. The first-order valence-corrected chi connectivity index (χ1v) is 8.59. The van der Waals surface area contributed by atoms with E-state index in [-0.39, 0.29) is 18.8 Å². The van der Waals surface area contributed by atoms with E-state index in [0.29, 0.717) is 6.42 Å². The fourth-order valence-electron chi connectivity index (χ4n) is 3.04. The fraction of sp³-hybridized carbons (Fsp3) is 0.889. The van der Waals surface area contributed by atoms with E-state index in [2.05, 4.69) is 0 Å². The van der Waals surface area contributed by atoms with Gasteiger partial charge in [-0.25, -0.2) is 4.79 Å². The van der Waals surface area contributed by atoms with Gasteiger partial charge < -0.3 is 24.4 Å². The first-order chi connectivity index (χ1) is 11.1. The van der Waals surface area contributed by atoms with Crippen molar-refractivity contribution in [1.29, 1.82) is 0 Å². The summed E-state index contributed by atoms with van der Waals surface area (Å²) in [4.78, 5) is 23.5. The number of carbonyl (C=O) groups is 2. The average molecular weight is 360 g/mol. The van der Waals surface area contributed by atoms with E-state index in [1.54, 1.807) is 27.7 Å². The van der Waals surface area contributed by atoms with Crippen LogP contribution in [-0.2, 0) is 23.8 Å². The third-order valence-electron chi connectivity index (χ3n) is 3.81. The smallest absolute Gasteiger partial charge is 0.333 e. The molecule has 2 N–H and O–H groups in total. The first-order valence-electron chi connectivity index (χ1n) is 8.59. The zero-order valence-electron chi connectivity index (χ0n) is 16.3. The molecular formula is C18H32O7. The number of aliphatic hydroxyl groups excluding tert-OH is 1. The predicted octanol–water partition coefficient (Wildman–Crippen LogP) is 2.49. The van der Waals surface area contributed by atoms with Crippen molar-refractivity contribution < 1.29 is 34.0 Å². The van der Waals surface area contributed by atoms with Crippen LogP contribution in [0.4, 0.5) is 0 Å². The molecule has 1 saturated heterocycles. The molecule has 7 nitrogen and oxygen atoms in total. The Hall–Kier alpha value is -1.18. The maximum Gasteiger partial charge on any atom is 0.333 e. The van der Waals surface area contributed by atoms with Gasteiger partial charge in [0.15, 0.2) is 12.4 Å². The molecule has 0 unspecified atom stereocenters. The lowest BCUT2D eigenvalue weighted by molar-refractivity contribution is -0.259. The second kappa shape index (κ2) is 7.60. The number of esters is 1. The van der Waals surface area contributed by atoms with Crippen LogP contribution in [0.25, 0.3) is 0 Å². The summed E-state index contributed by atoms with van der Waals surface area (Å²) in [5, 5.41) is 18.9. The Morgan fingerprint density at radius 3 is 2.12 bits per heavy atom. The van der Waals surface area contributed by atoms with Gasteiger partial charge in [-0.15, -0.1) is 0 Å². The van der Waals surface area contributed by atoms with Crippen LogP contribution < -0.4 is 0 Å². The molecule has 0 aliphatic carbocycles. The number of hydrogen-bond acceptors (Lipinski definition) is 6. The third-order valence-corrected chi connectivity index (χ3v) is 3.81. The van der Waals surface area contributed by atoms with Gasteiger partial charge in [0, 0.05) is 12.8 Å². The Kier molecular flexibility index (Phi) is 6.64. The van der Waals surface area contributed by atoms with Gasteiger partial charge >= 0.3 is 11.9 Å². The first kappa shape index (κ1) is 21.9. The molecule has 146 valence electrons. The minimum absolute atomic E-state index is 0.0407. The van der Waals surface area contributed by atoms with Crippen molar-refractivity contribution in [3.05, 3.63) is 0 Å². The molecule has 1 rings (SSSR count). The van der Waals surface area contributed by atoms with E-state index in [1.165, 1.54) is 0 Å². The summed E-state index contributed by atoms with van der Waals surface area (Å²) in [5.41, 5.74) is -2.15. The molecule has 0 spiro atoms. The zero-order chi connectivity index (χ0) is 19.6. The van der Waals surface area contributed by atoms with Crippen LogP contribution in [0.5, 0.6) is 0 Å².